The fourth-order valence-corrected chi connectivity index (χ4v) is 1.62. The second-order valence-corrected chi connectivity index (χ2v) is 5.05. The first-order valence-electron chi connectivity index (χ1n) is 6.90. The van der Waals surface area contributed by atoms with E-state index in [1.807, 2.05) is 6.92 Å². The molecule has 0 aromatic rings. The van der Waals surface area contributed by atoms with Gasteiger partial charge in [-0.3, -0.25) is 4.79 Å². The first kappa shape index (κ1) is 16.4. The minimum atomic E-state index is -0.564. The molecule has 19 heavy (non-hydrogen) atoms. The van der Waals surface area contributed by atoms with Crippen molar-refractivity contribution in [3.63, 3.8) is 0 Å². The first-order valence-corrected chi connectivity index (χ1v) is 6.90. The number of aliphatic hydroxyl groups excluding tert-OH is 1. The highest BCUT2D eigenvalue weighted by molar-refractivity contribution is 5.76. The number of hydrogen-bond acceptors (Lipinski definition) is 5. The normalized spacial score (nSPS) is 18.1. The van der Waals surface area contributed by atoms with E-state index in [9.17, 15) is 9.90 Å². The van der Waals surface area contributed by atoms with Crippen LogP contribution in [0.4, 0.5) is 0 Å². The highest BCUT2D eigenvalue weighted by Crippen LogP contribution is 2.18. The third-order valence-electron chi connectivity index (χ3n) is 2.83. The van der Waals surface area contributed by atoms with Gasteiger partial charge in [0.05, 0.1) is 25.4 Å². The summed E-state index contributed by atoms with van der Waals surface area (Å²) in [6.07, 6.45) is 2.07. The summed E-state index contributed by atoms with van der Waals surface area (Å²) in [5.74, 6) is 0.0782. The monoisotopic (exact) mass is 274 g/mol. The standard InChI is InChI=1S/C13H26N2O4/c1-10(8-18-2)19-9-12(16)7-14-6-5-13(17)15-11-3-4-11/h10-12,14,16H,3-9H2,1-2H3,(H,15,17). The molecule has 2 unspecified atom stereocenters. The van der Waals surface area contributed by atoms with Crippen LogP contribution in [0.15, 0.2) is 0 Å². The Morgan fingerprint density at radius 1 is 1.42 bits per heavy atom. The lowest BCUT2D eigenvalue weighted by Crippen LogP contribution is -2.35. The van der Waals surface area contributed by atoms with Gasteiger partial charge in [0.25, 0.3) is 0 Å². The number of hydrogen-bond donors (Lipinski definition) is 3. The fourth-order valence-electron chi connectivity index (χ4n) is 1.62. The highest BCUT2D eigenvalue weighted by atomic mass is 16.5. The molecular formula is C13H26N2O4. The Balaban J connectivity index is 1.91. The molecule has 6 heteroatoms. The van der Waals surface area contributed by atoms with Gasteiger partial charge < -0.3 is 25.2 Å². The van der Waals surface area contributed by atoms with E-state index in [-0.39, 0.29) is 18.6 Å². The minimum absolute atomic E-state index is 0.0241. The van der Waals surface area contributed by atoms with E-state index < -0.39 is 6.10 Å². The molecule has 1 amide bonds. The zero-order chi connectivity index (χ0) is 14.1. The van der Waals surface area contributed by atoms with Crippen LogP contribution in [0.5, 0.6) is 0 Å². The number of carbonyl (C=O) groups excluding carboxylic acids is 1. The third-order valence-corrected chi connectivity index (χ3v) is 2.83. The van der Waals surface area contributed by atoms with E-state index in [2.05, 4.69) is 10.6 Å². The molecule has 1 saturated carbocycles. The van der Waals surface area contributed by atoms with Crippen LogP contribution in [0.2, 0.25) is 0 Å². The third kappa shape index (κ3) is 8.93. The summed E-state index contributed by atoms with van der Waals surface area (Å²) >= 11 is 0. The second kappa shape index (κ2) is 9.25. The van der Waals surface area contributed by atoms with Gasteiger partial charge in [-0.25, -0.2) is 0 Å². The Morgan fingerprint density at radius 2 is 2.16 bits per heavy atom. The molecule has 0 heterocycles. The quantitative estimate of drug-likeness (QED) is 0.449. The minimum Gasteiger partial charge on any atom is -0.389 e. The molecule has 0 spiro atoms. The molecule has 1 aliphatic carbocycles. The molecule has 6 nitrogen and oxygen atoms in total. The van der Waals surface area contributed by atoms with Crippen LogP contribution >= 0.6 is 0 Å². The zero-order valence-corrected chi connectivity index (χ0v) is 11.9. The number of nitrogens with one attached hydrogen (secondary N) is 2. The highest BCUT2D eigenvalue weighted by Gasteiger charge is 2.22. The van der Waals surface area contributed by atoms with Crippen molar-refractivity contribution in [1.29, 1.82) is 0 Å². The molecule has 0 aliphatic heterocycles. The van der Waals surface area contributed by atoms with Crippen molar-refractivity contribution >= 4 is 5.91 Å². The summed E-state index contributed by atoms with van der Waals surface area (Å²) in [4.78, 5) is 11.4. The van der Waals surface area contributed by atoms with Crippen LogP contribution in [0.3, 0.4) is 0 Å². The van der Waals surface area contributed by atoms with Gasteiger partial charge in [-0.15, -0.1) is 0 Å². The molecule has 1 aliphatic rings. The predicted octanol–water partition coefficient (Wildman–Crippen LogP) is -0.343. The fraction of sp³-hybridized carbons (Fsp3) is 0.923. The van der Waals surface area contributed by atoms with E-state index in [0.29, 0.717) is 32.2 Å². The number of ether oxygens (including phenoxy) is 2. The van der Waals surface area contributed by atoms with Crippen molar-refractivity contribution in [2.75, 3.05) is 33.4 Å². The van der Waals surface area contributed by atoms with Gasteiger partial charge >= 0.3 is 0 Å². The summed E-state index contributed by atoms with van der Waals surface area (Å²) in [6, 6.07) is 0.411. The van der Waals surface area contributed by atoms with Gasteiger partial charge in [0.15, 0.2) is 0 Å². The molecule has 1 rings (SSSR count). The Labute approximate surface area is 114 Å². The van der Waals surface area contributed by atoms with Crippen molar-refractivity contribution in [1.82, 2.24) is 10.6 Å². The summed E-state index contributed by atoms with van der Waals surface area (Å²) in [5.41, 5.74) is 0. The Morgan fingerprint density at radius 3 is 2.79 bits per heavy atom. The van der Waals surface area contributed by atoms with Crippen LogP contribution in [-0.4, -0.2) is 62.7 Å². The molecule has 0 radical (unpaired) electrons. The van der Waals surface area contributed by atoms with Crippen LogP contribution in [0.25, 0.3) is 0 Å². The van der Waals surface area contributed by atoms with E-state index in [0.717, 1.165) is 12.8 Å². The molecular weight excluding hydrogens is 248 g/mol. The second-order valence-electron chi connectivity index (χ2n) is 5.05. The van der Waals surface area contributed by atoms with Gasteiger partial charge in [0.1, 0.15) is 0 Å². The lowest BCUT2D eigenvalue weighted by Gasteiger charge is -2.16. The average molecular weight is 274 g/mol. The Bertz CT molecular complexity index is 259. The number of methoxy groups -OCH3 is 1. The molecule has 112 valence electrons. The largest absolute Gasteiger partial charge is 0.389 e. The molecule has 0 aromatic heterocycles. The summed E-state index contributed by atoms with van der Waals surface area (Å²) in [5, 5.41) is 15.6. The number of rotatable bonds is 11. The molecule has 1 fully saturated rings. The summed E-state index contributed by atoms with van der Waals surface area (Å²) in [6.45, 7) is 3.68. The topological polar surface area (TPSA) is 79.8 Å². The van der Waals surface area contributed by atoms with Crippen molar-refractivity contribution in [3.05, 3.63) is 0 Å². The molecule has 0 aromatic carbocycles. The van der Waals surface area contributed by atoms with Crippen molar-refractivity contribution in [2.24, 2.45) is 0 Å². The van der Waals surface area contributed by atoms with Gasteiger partial charge in [0, 0.05) is 32.7 Å². The zero-order valence-electron chi connectivity index (χ0n) is 11.9. The molecule has 0 bridgehead atoms. The predicted molar refractivity (Wildman–Crippen MR) is 71.9 cm³/mol. The van der Waals surface area contributed by atoms with E-state index in [1.54, 1.807) is 7.11 Å². The maximum absolute atomic E-state index is 11.4. The number of carbonyl (C=O) groups is 1. The first-order chi connectivity index (χ1) is 9.11. The molecule has 3 N–H and O–H groups in total. The van der Waals surface area contributed by atoms with Crippen LogP contribution in [0, 0.1) is 0 Å². The lowest BCUT2D eigenvalue weighted by molar-refractivity contribution is -0.121. The van der Waals surface area contributed by atoms with E-state index in [4.69, 9.17) is 9.47 Å². The number of aliphatic hydroxyl groups is 1. The number of amides is 1. The van der Waals surface area contributed by atoms with Crippen LogP contribution in [-0.2, 0) is 14.3 Å². The maximum atomic E-state index is 11.4. The van der Waals surface area contributed by atoms with E-state index in [1.165, 1.54) is 0 Å². The molecule has 0 saturated heterocycles. The van der Waals surface area contributed by atoms with Gasteiger partial charge in [-0.05, 0) is 19.8 Å². The Hall–Kier alpha value is -0.690. The van der Waals surface area contributed by atoms with Gasteiger partial charge in [-0.2, -0.15) is 0 Å². The van der Waals surface area contributed by atoms with Crippen molar-refractivity contribution in [3.8, 4) is 0 Å². The average Bonchev–Trinajstić information content (AvgIpc) is 3.16. The van der Waals surface area contributed by atoms with Crippen molar-refractivity contribution in [2.45, 2.75) is 44.4 Å². The van der Waals surface area contributed by atoms with Gasteiger partial charge in [0.2, 0.25) is 5.91 Å². The maximum Gasteiger partial charge on any atom is 0.221 e. The van der Waals surface area contributed by atoms with Crippen molar-refractivity contribution < 1.29 is 19.4 Å². The summed E-state index contributed by atoms with van der Waals surface area (Å²) in [7, 11) is 1.62. The van der Waals surface area contributed by atoms with Gasteiger partial charge in [-0.1, -0.05) is 0 Å². The smallest absolute Gasteiger partial charge is 0.221 e. The SMILES string of the molecule is COCC(C)OCC(O)CNCCC(=O)NC1CC1. The molecule has 2 atom stereocenters. The van der Waals surface area contributed by atoms with E-state index >= 15 is 0 Å². The van der Waals surface area contributed by atoms with Crippen LogP contribution in [0.1, 0.15) is 26.2 Å². The Kier molecular flexibility index (Phi) is 7.97. The van der Waals surface area contributed by atoms with Crippen LogP contribution < -0.4 is 10.6 Å². The lowest BCUT2D eigenvalue weighted by atomic mass is 10.3. The summed E-state index contributed by atoms with van der Waals surface area (Å²) < 4.78 is 10.3.